The summed E-state index contributed by atoms with van der Waals surface area (Å²) in [7, 11) is 1.69. The molecule has 0 aromatic rings. The highest BCUT2D eigenvalue weighted by Crippen LogP contribution is 2.30. The van der Waals surface area contributed by atoms with E-state index in [1.807, 2.05) is 0 Å². The molecule has 5 heteroatoms. The third-order valence-corrected chi connectivity index (χ3v) is 3.88. The summed E-state index contributed by atoms with van der Waals surface area (Å²) in [4.78, 5) is 13.7. The third kappa shape index (κ3) is 4.75. The van der Waals surface area contributed by atoms with Crippen molar-refractivity contribution in [3.63, 3.8) is 0 Å². The first-order valence-corrected chi connectivity index (χ1v) is 7.14. The first kappa shape index (κ1) is 16.4. The minimum atomic E-state index is -1.05. The molecular weight excluding hydrogens is 244 g/mol. The highest BCUT2D eigenvalue weighted by Gasteiger charge is 2.41. The summed E-state index contributed by atoms with van der Waals surface area (Å²) in [5, 5.41) is 9.29. The second-order valence-corrected chi connectivity index (χ2v) is 6.09. The van der Waals surface area contributed by atoms with E-state index in [4.69, 9.17) is 10.5 Å². The number of methoxy groups -OCH3 is 1. The number of rotatable bonds is 7. The molecule has 0 radical (unpaired) electrons. The molecule has 19 heavy (non-hydrogen) atoms. The molecule has 1 aliphatic rings. The Morgan fingerprint density at radius 3 is 2.79 bits per heavy atom. The number of nitrogens with two attached hydrogens (primary N) is 1. The van der Waals surface area contributed by atoms with Crippen molar-refractivity contribution in [2.45, 2.75) is 51.1 Å². The number of hydrogen-bond donors (Lipinski definition) is 2. The van der Waals surface area contributed by atoms with Crippen molar-refractivity contribution in [1.29, 1.82) is 0 Å². The van der Waals surface area contributed by atoms with E-state index in [9.17, 15) is 9.90 Å². The van der Waals surface area contributed by atoms with Gasteiger partial charge in [0.25, 0.3) is 0 Å². The van der Waals surface area contributed by atoms with Crippen LogP contribution >= 0.6 is 0 Å². The van der Waals surface area contributed by atoms with E-state index in [1.54, 1.807) is 7.11 Å². The van der Waals surface area contributed by atoms with Gasteiger partial charge in [0.2, 0.25) is 0 Å². The van der Waals surface area contributed by atoms with Crippen molar-refractivity contribution >= 4 is 5.97 Å². The molecule has 0 saturated heterocycles. The fourth-order valence-corrected chi connectivity index (χ4v) is 2.88. The molecule has 2 unspecified atom stereocenters. The number of nitrogens with zero attached hydrogens (tertiary/aromatic N) is 1. The van der Waals surface area contributed by atoms with Crippen LogP contribution in [-0.2, 0) is 9.53 Å². The van der Waals surface area contributed by atoms with Crippen molar-refractivity contribution in [2.75, 3.05) is 26.8 Å². The molecule has 1 saturated carbocycles. The average Bonchev–Trinajstić information content (AvgIpc) is 2.34. The molecular formula is C14H28N2O3. The van der Waals surface area contributed by atoms with Crippen LogP contribution < -0.4 is 5.73 Å². The maximum absolute atomic E-state index is 11.3. The van der Waals surface area contributed by atoms with E-state index in [0.717, 1.165) is 25.9 Å². The Morgan fingerprint density at radius 1 is 1.58 bits per heavy atom. The number of carboxylic acid groups (broad SMARTS) is 1. The quantitative estimate of drug-likeness (QED) is 0.731. The van der Waals surface area contributed by atoms with E-state index in [-0.39, 0.29) is 6.04 Å². The predicted molar refractivity (Wildman–Crippen MR) is 75.1 cm³/mol. The van der Waals surface area contributed by atoms with Crippen LogP contribution in [-0.4, -0.2) is 54.4 Å². The Labute approximate surface area is 116 Å². The van der Waals surface area contributed by atoms with E-state index in [2.05, 4.69) is 18.7 Å². The lowest BCUT2D eigenvalue weighted by atomic mass is 9.79. The molecule has 0 bridgehead atoms. The molecule has 112 valence electrons. The zero-order chi connectivity index (χ0) is 14.5. The highest BCUT2D eigenvalue weighted by atomic mass is 16.5. The van der Waals surface area contributed by atoms with Crippen LogP contribution in [0.25, 0.3) is 0 Å². The summed E-state index contributed by atoms with van der Waals surface area (Å²) in [6, 6.07) is 0.257. The molecule has 0 aromatic carbocycles. The topological polar surface area (TPSA) is 75.8 Å². The number of aliphatic carboxylic acids is 1. The van der Waals surface area contributed by atoms with Crippen LogP contribution in [0.5, 0.6) is 0 Å². The van der Waals surface area contributed by atoms with Crippen LogP contribution in [0.2, 0.25) is 0 Å². The zero-order valence-electron chi connectivity index (χ0n) is 12.4. The summed E-state index contributed by atoms with van der Waals surface area (Å²) in [6.45, 7) is 6.83. The Kier molecular flexibility index (Phi) is 6.23. The lowest BCUT2D eigenvalue weighted by molar-refractivity contribution is -0.145. The second kappa shape index (κ2) is 7.22. The molecule has 0 amide bonds. The van der Waals surface area contributed by atoms with Crippen molar-refractivity contribution in [2.24, 2.45) is 11.7 Å². The fraction of sp³-hybridized carbons (Fsp3) is 0.929. The van der Waals surface area contributed by atoms with Crippen LogP contribution in [0.1, 0.15) is 39.5 Å². The normalized spacial score (nSPS) is 28.0. The van der Waals surface area contributed by atoms with Gasteiger partial charge in [0.15, 0.2) is 0 Å². The Hall–Kier alpha value is -0.650. The maximum Gasteiger partial charge on any atom is 0.323 e. The van der Waals surface area contributed by atoms with Crippen molar-refractivity contribution in [3.8, 4) is 0 Å². The molecule has 0 heterocycles. The summed E-state index contributed by atoms with van der Waals surface area (Å²) in [5.74, 6) is -0.316. The van der Waals surface area contributed by atoms with E-state index in [1.165, 1.54) is 0 Å². The second-order valence-electron chi connectivity index (χ2n) is 6.09. The van der Waals surface area contributed by atoms with E-state index < -0.39 is 11.5 Å². The molecule has 3 N–H and O–H groups in total. The van der Waals surface area contributed by atoms with Crippen molar-refractivity contribution in [1.82, 2.24) is 4.90 Å². The minimum absolute atomic E-state index is 0.257. The van der Waals surface area contributed by atoms with Gasteiger partial charge in [0.1, 0.15) is 5.54 Å². The van der Waals surface area contributed by atoms with Crippen LogP contribution in [0.4, 0.5) is 0 Å². The summed E-state index contributed by atoms with van der Waals surface area (Å²) < 4.78 is 5.15. The monoisotopic (exact) mass is 272 g/mol. The number of hydrogen-bond acceptors (Lipinski definition) is 4. The third-order valence-electron chi connectivity index (χ3n) is 3.88. The van der Waals surface area contributed by atoms with Crippen molar-refractivity contribution in [3.05, 3.63) is 0 Å². The van der Waals surface area contributed by atoms with Crippen LogP contribution in [0.15, 0.2) is 0 Å². The molecule has 0 spiro atoms. The first-order chi connectivity index (χ1) is 8.89. The van der Waals surface area contributed by atoms with E-state index in [0.29, 0.717) is 25.4 Å². The summed E-state index contributed by atoms with van der Waals surface area (Å²) in [5.41, 5.74) is 4.98. The van der Waals surface area contributed by atoms with Crippen molar-refractivity contribution < 1.29 is 14.6 Å². The largest absolute Gasteiger partial charge is 0.480 e. The Balaban J connectivity index is 2.69. The zero-order valence-corrected chi connectivity index (χ0v) is 12.4. The van der Waals surface area contributed by atoms with Crippen LogP contribution in [0.3, 0.4) is 0 Å². The van der Waals surface area contributed by atoms with Gasteiger partial charge < -0.3 is 15.6 Å². The van der Waals surface area contributed by atoms with Gasteiger partial charge in [-0.25, -0.2) is 0 Å². The molecule has 2 atom stereocenters. The molecule has 1 rings (SSSR count). The fourth-order valence-electron chi connectivity index (χ4n) is 2.88. The Morgan fingerprint density at radius 2 is 2.26 bits per heavy atom. The SMILES string of the molecule is COCCN(CC(C)C)C1CCCC(N)(C(=O)O)C1. The van der Waals surface area contributed by atoms with E-state index >= 15 is 0 Å². The minimum Gasteiger partial charge on any atom is -0.480 e. The van der Waals surface area contributed by atoms with Gasteiger partial charge in [0.05, 0.1) is 6.61 Å². The Bertz CT molecular complexity index is 296. The average molecular weight is 272 g/mol. The number of carboxylic acids is 1. The summed E-state index contributed by atoms with van der Waals surface area (Å²) >= 11 is 0. The molecule has 1 aliphatic carbocycles. The summed E-state index contributed by atoms with van der Waals surface area (Å²) in [6.07, 6.45) is 3.04. The lowest BCUT2D eigenvalue weighted by Crippen LogP contribution is -2.56. The molecule has 0 aliphatic heterocycles. The lowest BCUT2D eigenvalue weighted by Gasteiger charge is -2.41. The van der Waals surface area contributed by atoms with Crippen LogP contribution in [0, 0.1) is 5.92 Å². The number of ether oxygens (including phenoxy) is 1. The van der Waals surface area contributed by atoms with Gasteiger partial charge >= 0.3 is 5.97 Å². The van der Waals surface area contributed by atoms with Gasteiger partial charge in [-0.05, 0) is 31.6 Å². The maximum atomic E-state index is 11.3. The van der Waals surface area contributed by atoms with Gasteiger partial charge in [-0.3, -0.25) is 9.69 Å². The smallest absolute Gasteiger partial charge is 0.323 e. The molecule has 1 fully saturated rings. The van der Waals surface area contributed by atoms with Gasteiger partial charge in [-0.1, -0.05) is 13.8 Å². The van der Waals surface area contributed by atoms with Gasteiger partial charge in [0, 0.05) is 26.2 Å². The first-order valence-electron chi connectivity index (χ1n) is 7.14. The highest BCUT2D eigenvalue weighted by molar-refractivity contribution is 5.78. The van der Waals surface area contributed by atoms with Gasteiger partial charge in [-0.2, -0.15) is 0 Å². The molecule has 5 nitrogen and oxygen atoms in total. The van der Waals surface area contributed by atoms with Gasteiger partial charge in [-0.15, -0.1) is 0 Å². The molecule has 0 aromatic heterocycles. The predicted octanol–water partition coefficient (Wildman–Crippen LogP) is 1.32. The standard InChI is InChI=1S/C14H28N2O3/c1-11(2)10-16(7-8-19-3)12-5-4-6-14(15,9-12)13(17)18/h11-12H,4-10,15H2,1-3H3,(H,17,18). The number of carbonyl (C=O) groups is 1.